The van der Waals surface area contributed by atoms with Crippen molar-refractivity contribution in [3.05, 3.63) is 48.5 Å². The molecule has 2 amide bonds. The van der Waals surface area contributed by atoms with Gasteiger partial charge < -0.3 is 15.7 Å². The molecular formula is C13H12N4O3. The van der Waals surface area contributed by atoms with E-state index in [0.717, 1.165) is 0 Å². The van der Waals surface area contributed by atoms with Crippen molar-refractivity contribution in [3.63, 3.8) is 0 Å². The quantitative estimate of drug-likeness (QED) is 0.786. The number of aliphatic carboxylic acids is 1. The van der Waals surface area contributed by atoms with Crippen LogP contribution in [-0.4, -0.2) is 27.1 Å². The minimum absolute atomic E-state index is 0.0936. The zero-order valence-electron chi connectivity index (χ0n) is 10.4. The first-order valence-electron chi connectivity index (χ1n) is 5.77. The SMILES string of the molecule is O=C(O)Cc1cccc(NC(=O)Nc2cncnc2)c1. The van der Waals surface area contributed by atoms with Crippen LogP contribution in [0.4, 0.5) is 16.2 Å². The molecule has 0 saturated heterocycles. The summed E-state index contributed by atoms with van der Waals surface area (Å²) in [5.41, 5.74) is 1.59. The van der Waals surface area contributed by atoms with E-state index in [1.54, 1.807) is 24.3 Å². The molecule has 0 spiro atoms. The van der Waals surface area contributed by atoms with Crippen LogP contribution < -0.4 is 10.6 Å². The van der Waals surface area contributed by atoms with Crippen LogP contribution in [0.1, 0.15) is 5.56 Å². The Morgan fingerprint density at radius 3 is 2.50 bits per heavy atom. The fraction of sp³-hybridized carbons (Fsp3) is 0.0769. The Kier molecular flexibility index (Phi) is 4.23. The molecule has 20 heavy (non-hydrogen) atoms. The number of urea groups is 1. The maximum absolute atomic E-state index is 11.7. The summed E-state index contributed by atoms with van der Waals surface area (Å²) in [4.78, 5) is 29.9. The van der Waals surface area contributed by atoms with E-state index in [1.807, 2.05) is 0 Å². The molecule has 1 aromatic carbocycles. The number of amides is 2. The van der Waals surface area contributed by atoms with E-state index >= 15 is 0 Å². The zero-order valence-corrected chi connectivity index (χ0v) is 10.4. The molecule has 0 radical (unpaired) electrons. The lowest BCUT2D eigenvalue weighted by Crippen LogP contribution is -2.19. The van der Waals surface area contributed by atoms with Gasteiger partial charge in [0.05, 0.1) is 24.5 Å². The second kappa shape index (κ2) is 6.28. The molecule has 2 rings (SSSR count). The van der Waals surface area contributed by atoms with Crippen LogP contribution >= 0.6 is 0 Å². The third-order valence-electron chi connectivity index (χ3n) is 2.36. The van der Waals surface area contributed by atoms with Gasteiger partial charge >= 0.3 is 12.0 Å². The topological polar surface area (TPSA) is 104 Å². The van der Waals surface area contributed by atoms with Crippen molar-refractivity contribution in [2.24, 2.45) is 0 Å². The Morgan fingerprint density at radius 2 is 1.80 bits per heavy atom. The molecule has 0 aliphatic carbocycles. The summed E-state index contributed by atoms with van der Waals surface area (Å²) in [5.74, 6) is -0.923. The number of nitrogens with one attached hydrogen (secondary N) is 2. The summed E-state index contributed by atoms with van der Waals surface area (Å²) in [7, 11) is 0. The number of anilines is 2. The van der Waals surface area contributed by atoms with Gasteiger partial charge in [-0.1, -0.05) is 12.1 Å². The fourth-order valence-electron chi connectivity index (χ4n) is 1.59. The van der Waals surface area contributed by atoms with E-state index in [2.05, 4.69) is 20.6 Å². The average Bonchev–Trinajstić information content (AvgIpc) is 2.39. The number of benzene rings is 1. The van der Waals surface area contributed by atoms with Crippen LogP contribution in [-0.2, 0) is 11.2 Å². The fourth-order valence-corrected chi connectivity index (χ4v) is 1.59. The van der Waals surface area contributed by atoms with E-state index < -0.39 is 12.0 Å². The van der Waals surface area contributed by atoms with Gasteiger partial charge in [-0.15, -0.1) is 0 Å². The normalized spacial score (nSPS) is 9.80. The molecule has 0 aliphatic heterocycles. The Bertz CT molecular complexity index is 616. The van der Waals surface area contributed by atoms with Gasteiger partial charge in [0.1, 0.15) is 6.33 Å². The van der Waals surface area contributed by atoms with Crippen LogP contribution in [0.2, 0.25) is 0 Å². The molecule has 1 aromatic heterocycles. The van der Waals surface area contributed by atoms with E-state index in [-0.39, 0.29) is 6.42 Å². The van der Waals surface area contributed by atoms with Crippen molar-refractivity contribution in [2.45, 2.75) is 6.42 Å². The highest BCUT2D eigenvalue weighted by Crippen LogP contribution is 2.12. The predicted molar refractivity (Wildman–Crippen MR) is 72.5 cm³/mol. The smallest absolute Gasteiger partial charge is 0.323 e. The van der Waals surface area contributed by atoms with Crippen molar-refractivity contribution in [1.82, 2.24) is 9.97 Å². The Hall–Kier alpha value is -2.96. The van der Waals surface area contributed by atoms with Gasteiger partial charge in [0.2, 0.25) is 0 Å². The number of hydrogen-bond donors (Lipinski definition) is 3. The molecular weight excluding hydrogens is 260 g/mol. The molecule has 2 aromatic rings. The molecule has 0 bridgehead atoms. The monoisotopic (exact) mass is 272 g/mol. The largest absolute Gasteiger partial charge is 0.481 e. The van der Waals surface area contributed by atoms with Gasteiger partial charge in [-0.25, -0.2) is 14.8 Å². The van der Waals surface area contributed by atoms with Crippen LogP contribution in [0, 0.1) is 0 Å². The summed E-state index contributed by atoms with van der Waals surface area (Å²) in [5, 5.41) is 13.9. The van der Waals surface area contributed by atoms with Crippen LogP contribution in [0.5, 0.6) is 0 Å². The lowest BCUT2D eigenvalue weighted by atomic mass is 10.1. The lowest BCUT2D eigenvalue weighted by molar-refractivity contribution is -0.136. The first-order valence-corrected chi connectivity index (χ1v) is 5.77. The van der Waals surface area contributed by atoms with Crippen molar-refractivity contribution < 1.29 is 14.7 Å². The van der Waals surface area contributed by atoms with Gasteiger partial charge in [0.25, 0.3) is 0 Å². The number of rotatable bonds is 4. The summed E-state index contributed by atoms with van der Waals surface area (Å²) < 4.78 is 0. The molecule has 0 fully saturated rings. The van der Waals surface area contributed by atoms with E-state index in [0.29, 0.717) is 16.9 Å². The summed E-state index contributed by atoms with van der Waals surface area (Å²) in [6.45, 7) is 0. The Morgan fingerprint density at radius 1 is 1.10 bits per heavy atom. The maximum Gasteiger partial charge on any atom is 0.323 e. The summed E-state index contributed by atoms with van der Waals surface area (Å²) in [6, 6.07) is 6.19. The number of carbonyl (C=O) groups excluding carboxylic acids is 1. The highest BCUT2D eigenvalue weighted by molar-refractivity contribution is 5.99. The van der Waals surface area contributed by atoms with Gasteiger partial charge in [-0.05, 0) is 17.7 Å². The number of carboxylic acid groups (broad SMARTS) is 1. The molecule has 0 saturated carbocycles. The van der Waals surface area contributed by atoms with Crippen LogP contribution in [0.15, 0.2) is 43.0 Å². The van der Waals surface area contributed by atoms with Gasteiger partial charge in [0.15, 0.2) is 0 Å². The van der Waals surface area contributed by atoms with Gasteiger partial charge in [0, 0.05) is 5.69 Å². The zero-order chi connectivity index (χ0) is 14.4. The lowest BCUT2D eigenvalue weighted by Gasteiger charge is -2.08. The predicted octanol–water partition coefficient (Wildman–Crippen LogP) is 1.75. The molecule has 0 atom stereocenters. The van der Waals surface area contributed by atoms with Crippen molar-refractivity contribution in [1.29, 1.82) is 0 Å². The first-order chi connectivity index (χ1) is 9.63. The van der Waals surface area contributed by atoms with Crippen molar-refractivity contribution in [2.75, 3.05) is 10.6 Å². The van der Waals surface area contributed by atoms with E-state index in [1.165, 1.54) is 18.7 Å². The number of carboxylic acids is 1. The van der Waals surface area contributed by atoms with E-state index in [9.17, 15) is 9.59 Å². The number of carbonyl (C=O) groups is 2. The molecule has 0 aliphatic rings. The highest BCUT2D eigenvalue weighted by Gasteiger charge is 2.05. The molecule has 1 heterocycles. The second-order valence-corrected chi connectivity index (χ2v) is 3.98. The molecule has 7 heteroatoms. The summed E-state index contributed by atoms with van der Waals surface area (Å²) >= 11 is 0. The van der Waals surface area contributed by atoms with Crippen molar-refractivity contribution >= 4 is 23.4 Å². The van der Waals surface area contributed by atoms with Crippen LogP contribution in [0.3, 0.4) is 0 Å². The number of nitrogens with zero attached hydrogens (tertiary/aromatic N) is 2. The third-order valence-corrected chi connectivity index (χ3v) is 2.36. The van der Waals surface area contributed by atoms with Crippen LogP contribution in [0.25, 0.3) is 0 Å². The van der Waals surface area contributed by atoms with Gasteiger partial charge in [-0.2, -0.15) is 0 Å². The van der Waals surface area contributed by atoms with Gasteiger partial charge in [-0.3, -0.25) is 4.79 Å². The molecule has 7 nitrogen and oxygen atoms in total. The Labute approximate surface area is 114 Å². The minimum Gasteiger partial charge on any atom is -0.481 e. The molecule has 0 unspecified atom stereocenters. The molecule has 102 valence electrons. The maximum atomic E-state index is 11.7. The van der Waals surface area contributed by atoms with Crippen molar-refractivity contribution in [3.8, 4) is 0 Å². The average molecular weight is 272 g/mol. The van der Waals surface area contributed by atoms with E-state index in [4.69, 9.17) is 5.11 Å². The third kappa shape index (κ3) is 4.05. The standard InChI is InChI=1S/C13H12N4O3/c18-12(19)5-9-2-1-3-10(4-9)16-13(20)17-11-6-14-8-15-7-11/h1-4,6-8H,5H2,(H,18,19)(H2,16,17,20). The highest BCUT2D eigenvalue weighted by atomic mass is 16.4. The molecule has 3 N–H and O–H groups in total. The first kappa shape index (κ1) is 13.5. The minimum atomic E-state index is -0.923. The second-order valence-electron chi connectivity index (χ2n) is 3.98. The number of hydrogen-bond acceptors (Lipinski definition) is 4. The Balaban J connectivity index is 1.99. The number of aromatic nitrogens is 2. The summed E-state index contributed by atoms with van der Waals surface area (Å²) in [6.07, 6.45) is 4.20.